The largest absolute Gasteiger partial charge is 0.494 e. The molecule has 0 saturated heterocycles. The van der Waals surface area contributed by atoms with Crippen LogP contribution in [0.5, 0.6) is 5.75 Å². The van der Waals surface area contributed by atoms with Gasteiger partial charge in [-0.3, -0.25) is 4.79 Å². The van der Waals surface area contributed by atoms with Crippen molar-refractivity contribution in [3.8, 4) is 5.75 Å². The second kappa shape index (κ2) is 8.91. The molecule has 1 rings (SSSR count). The lowest BCUT2D eigenvalue weighted by atomic mass is 10.2. The molecule has 4 nitrogen and oxygen atoms in total. The summed E-state index contributed by atoms with van der Waals surface area (Å²) in [4.78, 5) is 22.5. The Morgan fingerprint density at radius 3 is 2.45 bits per heavy atom. The van der Waals surface area contributed by atoms with Gasteiger partial charge in [0.05, 0.1) is 13.2 Å². The van der Waals surface area contributed by atoms with Crippen LogP contribution in [0.1, 0.15) is 32.3 Å². The SMILES string of the molecule is CCCCOc1ccc(/C=C/C(=O)C(=O)OCC)cc1. The second-order valence-corrected chi connectivity index (χ2v) is 4.19. The highest BCUT2D eigenvalue weighted by molar-refractivity contribution is 6.39. The Morgan fingerprint density at radius 2 is 1.85 bits per heavy atom. The van der Waals surface area contributed by atoms with Crippen molar-refractivity contribution < 1.29 is 19.1 Å². The molecular weight excluding hydrogens is 256 g/mol. The molecule has 0 fully saturated rings. The van der Waals surface area contributed by atoms with E-state index in [1.54, 1.807) is 13.0 Å². The Balaban J connectivity index is 2.52. The highest BCUT2D eigenvalue weighted by Crippen LogP contribution is 2.13. The topological polar surface area (TPSA) is 52.6 Å². The van der Waals surface area contributed by atoms with Gasteiger partial charge in [0, 0.05) is 0 Å². The molecule has 4 heteroatoms. The smallest absolute Gasteiger partial charge is 0.379 e. The van der Waals surface area contributed by atoms with Crippen LogP contribution < -0.4 is 4.74 Å². The van der Waals surface area contributed by atoms with E-state index in [1.165, 1.54) is 6.08 Å². The van der Waals surface area contributed by atoms with Crippen molar-refractivity contribution in [2.75, 3.05) is 13.2 Å². The van der Waals surface area contributed by atoms with Crippen molar-refractivity contribution in [3.63, 3.8) is 0 Å². The van der Waals surface area contributed by atoms with Gasteiger partial charge in [0.15, 0.2) is 0 Å². The van der Waals surface area contributed by atoms with Gasteiger partial charge in [0.1, 0.15) is 5.75 Å². The molecule has 0 spiro atoms. The van der Waals surface area contributed by atoms with Gasteiger partial charge in [-0.2, -0.15) is 0 Å². The second-order valence-electron chi connectivity index (χ2n) is 4.19. The number of ether oxygens (including phenoxy) is 2. The molecule has 0 saturated carbocycles. The summed E-state index contributed by atoms with van der Waals surface area (Å²) in [6.07, 6.45) is 4.91. The molecule has 0 aliphatic heterocycles. The summed E-state index contributed by atoms with van der Waals surface area (Å²) in [7, 11) is 0. The predicted octanol–water partition coefficient (Wildman–Crippen LogP) is 3.01. The minimum Gasteiger partial charge on any atom is -0.494 e. The van der Waals surface area contributed by atoms with Crippen LogP contribution in [-0.4, -0.2) is 25.0 Å². The maximum absolute atomic E-state index is 11.4. The van der Waals surface area contributed by atoms with Crippen molar-refractivity contribution in [3.05, 3.63) is 35.9 Å². The minimum absolute atomic E-state index is 0.197. The summed E-state index contributed by atoms with van der Waals surface area (Å²) in [5.41, 5.74) is 0.825. The number of rotatable bonds is 8. The van der Waals surface area contributed by atoms with Crippen LogP contribution in [0.2, 0.25) is 0 Å². The average Bonchev–Trinajstić information content (AvgIpc) is 2.46. The van der Waals surface area contributed by atoms with Crippen LogP contribution in [0, 0.1) is 0 Å². The van der Waals surface area contributed by atoms with E-state index >= 15 is 0 Å². The summed E-state index contributed by atoms with van der Waals surface area (Å²) in [5, 5.41) is 0. The van der Waals surface area contributed by atoms with Gasteiger partial charge in [0.2, 0.25) is 0 Å². The lowest BCUT2D eigenvalue weighted by molar-refractivity contribution is -0.151. The van der Waals surface area contributed by atoms with E-state index in [0.29, 0.717) is 6.61 Å². The van der Waals surface area contributed by atoms with Crippen LogP contribution in [-0.2, 0) is 14.3 Å². The molecule has 0 atom stereocenters. The van der Waals surface area contributed by atoms with Crippen molar-refractivity contribution in [1.82, 2.24) is 0 Å². The van der Waals surface area contributed by atoms with Gasteiger partial charge < -0.3 is 9.47 Å². The summed E-state index contributed by atoms with van der Waals surface area (Å²) in [6, 6.07) is 7.33. The third-order valence-electron chi connectivity index (χ3n) is 2.55. The van der Waals surface area contributed by atoms with Crippen LogP contribution in [0.3, 0.4) is 0 Å². The third kappa shape index (κ3) is 5.69. The number of hydrogen-bond acceptors (Lipinski definition) is 4. The lowest BCUT2D eigenvalue weighted by Crippen LogP contribution is -2.14. The fourth-order valence-corrected chi connectivity index (χ4v) is 1.45. The highest BCUT2D eigenvalue weighted by atomic mass is 16.5. The molecule has 0 amide bonds. The van der Waals surface area contributed by atoms with Crippen LogP contribution in [0.15, 0.2) is 30.3 Å². The summed E-state index contributed by atoms with van der Waals surface area (Å²) < 4.78 is 10.1. The molecule has 0 radical (unpaired) electrons. The van der Waals surface area contributed by atoms with Crippen LogP contribution in [0.4, 0.5) is 0 Å². The minimum atomic E-state index is -0.830. The first-order chi connectivity index (χ1) is 9.67. The fourth-order valence-electron chi connectivity index (χ4n) is 1.45. The van der Waals surface area contributed by atoms with E-state index < -0.39 is 11.8 Å². The molecule has 0 aromatic heterocycles. The molecule has 0 bridgehead atoms. The van der Waals surface area contributed by atoms with E-state index in [-0.39, 0.29) is 6.61 Å². The number of ketones is 1. The van der Waals surface area contributed by atoms with Gasteiger partial charge in [-0.1, -0.05) is 31.6 Å². The Hall–Kier alpha value is -2.10. The molecule has 0 heterocycles. The third-order valence-corrected chi connectivity index (χ3v) is 2.55. The van der Waals surface area contributed by atoms with E-state index in [4.69, 9.17) is 4.74 Å². The first-order valence-electron chi connectivity index (χ1n) is 6.79. The highest BCUT2D eigenvalue weighted by Gasteiger charge is 2.09. The first kappa shape index (κ1) is 16.0. The molecule has 0 N–H and O–H groups in total. The molecule has 0 unspecified atom stereocenters. The van der Waals surface area contributed by atoms with Gasteiger partial charge >= 0.3 is 5.97 Å². The standard InChI is InChI=1S/C16H20O4/c1-3-5-12-20-14-9-6-13(7-10-14)8-11-15(17)16(18)19-4-2/h6-11H,3-5,12H2,1-2H3/b11-8+. The Kier molecular flexibility index (Phi) is 7.11. The summed E-state index contributed by atoms with van der Waals surface area (Å²) >= 11 is 0. The lowest BCUT2D eigenvalue weighted by Gasteiger charge is -2.04. The summed E-state index contributed by atoms with van der Waals surface area (Å²) in [5.74, 6) is -0.689. The maximum atomic E-state index is 11.4. The monoisotopic (exact) mass is 276 g/mol. The molecule has 20 heavy (non-hydrogen) atoms. The van der Waals surface area contributed by atoms with Crippen molar-refractivity contribution in [1.29, 1.82) is 0 Å². The molecule has 0 aliphatic rings. The molecule has 0 aliphatic carbocycles. The number of benzene rings is 1. The zero-order chi connectivity index (χ0) is 14.8. The van der Waals surface area contributed by atoms with E-state index in [9.17, 15) is 9.59 Å². The van der Waals surface area contributed by atoms with Gasteiger partial charge in [-0.15, -0.1) is 0 Å². The number of carbonyl (C=O) groups is 2. The molecule has 1 aromatic carbocycles. The molecular formula is C16H20O4. The van der Waals surface area contributed by atoms with Crippen molar-refractivity contribution in [2.24, 2.45) is 0 Å². The summed E-state index contributed by atoms with van der Waals surface area (Å²) in [6.45, 7) is 4.67. The Bertz CT molecular complexity index is 460. The average molecular weight is 276 g/mol. The normalized spacial score (nSPS) is 10.5. The quantitative estimate of drug-likeness (QED) is 0.317. The fraction of sp³-hybridized carbons (Fsp3) is 0.375. The van der Waals surface area contributed by atoms with Crippen LogP contribution >= 0.6 is 0 Å². The van der Waals surface area contributed by atoms with E-state index in [2.05, 4.69) is 11.7 Å². The maximum Gasteiger partial charge on any atom is 0.379 e. The Morgan fingerprint density at radius 1 is 1.15 bits per heavy atom. The number of carbonyl (C=O) groups excluding carboxylic acids is 2. The van der Waals surface area contributed by atoms with Crippen molar-refractivity contribution in [2.45, 2.75) is 26.7 Å². The number of hydrogen-bond donors (Lipinski definition) is 0. The van der Waals surface area contributed by atoms with Crippen molar-refractivity contribution >= 4 is 17.8 Å². The molecule has 1 aromatic rings. The van der Waals surface area contributed by atoms with Gasteiger partial charge in [-0.25, -0.2) is 4.79 Å². The van der Waals surface area contributed by atoms with E-state index in [0.717, 1.165) is 24.2 Å². The predicted molar refractivity (Wildman–Crippen MR) is 77.5 cm³/mol. The Labute approximate surface area is 119 Å². The molecule has 108 valence electrons. The number of unbranched alkanes of at least 4 members (excludes halogenated alkanes) is 1. The van der Waals surface area contributed by atoms with Gasteiger partial charge in [0.25, 0.3) is 5.78 Å². The zero-order valence-electron chi connectivity index (χ0n) is 11.9. The van der Waals surface area contributed by atoms with E-state index in [1.807, 2.05) is 24.3 Å². The first-order valence-corrected chi connectivity index (χ1v) is 6.79. The zero-order valence-corrected chi connectivity index (χ0v) is 11.9. The van der Waals surface area contributed by atoms with Crippen LogP contribution in [0.25, 0.3) is 6.08 Å². The number of esters is 1. The van der Waals surface area contributed by atoms with Gasteiger partial charge in [-0.05, 0) is 37.1 Å².